The molecule has 0 atom stereocenters. The van der Waals surface area contributed by atoms with Crippen molar-refractivity contribution in [2.75, 3.05) is 0 Å². The lowest BCUT2D eigenvalue weighted by Gasteiger charge is -2.02. The fourth-order valence-corrected chi connectivity index (χ4v) is 2.34. The highest BCUT2D eigenvalue weighted by atomic mass is 127. The largest absolute Gasteiger partial charge is 0.272 e. The van der Waals surface area contributed by atoms with Gasteiger partial charge in [-0.1, -0.05) is 29.8 Å². The summed E-state index contributed by atoms with van der Waals surface area (Å²) >= 11 is 7.90. The van der Waals surface area contributed by atoms with Crippen molar-refractivity contribution >= 4 is 46.3 Å². The summed E-state index contributed by atoms with van der Waals surface area (Å²) in [5.74, 6) is -0.858. The number of rotatable bonds is 3. The zero-order chi connectivity index (χ0) is 14.5. The molecule has 20 heavy (non-hydrogen) atoms. The Labute approximate surface area is 134 Å². The Hall–Kier alpha value is -1.47. The second kappa shape index (κ2) is 6.81. The Balaban J connectivity index is 2.11. The molecule has 2 aromatic carbocycles. The summed E-state index contributed by atoms with van der Waals surface area (Å²) in [7, 11) is 0. The summed E-state index contributed by atoms with van der Waals surface area (Å²) in [4.78, 5) is 11.9. The van der Waals surface area contributed by atoms with Crippen LogP contribution in [0.15, 0.2) is 47.6 Å². The molecule has 0 bridgehead atoms. The lowest BCUT2D eigenvalue weighted by Crippen LogP contribution is -2.18. The first-order chi connectivity index (χ1) is 9.59. The Morgan fingerprint density at radius 1 is 1.25 bits per heavy atom. The number of amides is 1. The minimum absolute atomic E-state index is 0.136. The molecule has 102 valence electrons. The summed E-state index contributed by atoms with van der Waals surface area (Å²) in [5, 5.41) is 3.96. The van der Waals surface area contributed by atoms with E-state index in [1.54, 1.807) is 18.2 Å². The molecule has 0 aliphatic carbocycles. The maximum Gasteiger partial charge on any atom is 0.272 e. The monoisotopic (exact) mass is 402 g/mol. The van der Waals surface area contributed by atoms with Crippen LogP contribution in [0.1, 0.15) is 15.9 Å². The van der Waals surface area contributed by atoms with Crippen LogP contribution in [0.25, 0.3) is 0 Å². The molecule has 2 rings (SSSR count). The number of hydrogen-bond donors (Lipinski definition) is 1. The van der Waals surface area contributed by atoms with Crippen molar-refractivity contribution in [2.24, 2.45) is 5.10 Å². The summed E-state index contributed by atoms with van der Waals surface area (Å²) in [5.41, 5.74) is 2.98. The van der Waals surface area contributed by atoms with Crippen LogP contribution < -0.4 is 5.43 Å². The molecule has 1 amide bonds. The van der Waals surface area contributed by atoms with E-state index < -0.39 is 5.82 Å². The highest BCUT2D eigenvalue weighted by molar-refractivity contribution is 14.1. The molecule has 1 N–H and O–H groups in total. The predicted molar refractivity (Wildman–Crippen MR) is 85.6 cm³/mol. The number of nitrogens with zero attached hydrogens (tertiary/aromatic N) is 1. The van der Waals surface area contributed by atoms with Crippen molar-refractivity contribution in [3.8, 4) is 0 Å². The lowest BCUT2D eigenvalue weighted by atomic mass is 10.2. The van der Waals surface area contributed by atoms with Gasteiger partial charge < -0.3 is 0 Å². The SMILES string of the molecule is O=C(N/N=C/c1c(F)cccc1Cl)c1ccccc1I. The average molecular weight is 403 g/mol. The van der Waals surface area contributed by atoms with Crippen LogP contribution in [0.2, 0.25) is 5.02 Å². The van der Waals surface area contributed by atoms with Gasteiger partial charge in [0.2, 0.25) is 0 Å². The number of carbonyl (C=O) groups is 1. The third kappa shape index (κ3) is 3.55. The molecule has 0 aliphatic heterocycles. The van der Waals surface area contributed by atoms with Crippen molar-refractivity contribution < 1.29 is 9.18 Å². The van der Waals surface area contributed by atoms with Crippen molar-refractivity contribution in [1.82, 2.24) is 5.43 Å². The van der Waals surface area contributed by atoms with Crippen LogP contribution in [-0.4, -0.2) is 12.1 Å². The first-order valence-electron chi connectivity index (χ1n) is 5.61. The molecule has 0 spiro atoms. The van der Waals surface area contributed by atoms with Crippen LogP contribution in [0.5, 0.6) is 0 Å². The second-order valence-electron chi connectivity index (χ2n) is 3.81. The van der Waals surface area contributed by atoms with Gasteiger partial charge in [-0.15, -0.1) is 0 Å². The van der Waals surface area contributed by atoms with Gasteiger partial charge in [-0.25, -0.2) is 9.82 Å². The third-order valence-corrected chi connectivity index (χ3v) is 3.75. The van der Waals surface area contributed by atoms with Gasteiger partial charge in [0.1, 0.15) is 5.82 Å². The molecule has 0 heterocycles. The van der Waals surface area contributed by atoms with Crippen LogP contribution in [0.3, 0.4) is 0 Å². The van der Waals surface area contributed by atoms with E-state index in [1.165, 1.54) is 18.3 Å². The molecular weight excluding hydrogens is 394 g/mol. The van der Waals surface area contributed by atoms with Crippen LogP contribution in [0, 0.1) is 9.39 Å². The molecular formula is C14H9ClFIN2O. The van der Waals surface area contributed by atoms with Crippen molar-refractivity contribution in [1.29, 1.82) is 0 Å². The quantitative estimate of drug-likeness (QED) is 0.473. The fraction of sp³-hybridized carbons (Fsp3) is 0. The molecule has 6 heteroatoms. The minimum Gasteiger partial charge on any atom is -0.267 e. The van der Waals surface area contributed by atoms with Gasteiger partial charge in [0.05, 0.1) is 16.8 Å². The van der Waals surface area contributed by atoms with Crippen LogP contribution in [-0.2, 0) is 0 Å². The predicted octanol–water partition coefficient (Wildman–Crippen LogP) is 3.85. The smallest absolute Gasteiger partial charge is 0.267 e. The first-order valence-corrected chi connectivity index (χ1v) is 7.07. The van der Waals surface area contributed by atoms with Crippen molar-refractivity contribution in [2.45, 2.75) is 0 Å². The topological polar surface area (TPSA) is 41.5 Å². The molecule has 3 nitrogen and oxygen atoms in total. The van der Waals surface area contributed by atoms with Crippen LogP contribution in [0.4, 0.5) is 4.39 Å². The normalized spacial score (nSPS) is 10.8. The summed E-state index contributed by atoms with van der Waals surface area (Å²) in [6.07, 6.45) is 1.19. The number of benzene rings is 2. The van der Waals surface area contributed by atoms with E-state index in [4.69, 9.17) is 11.6 Å². The number of hydrogen-bond acceptors (Lipinski definition) is 2. The molecule has 0 saturated carbocycles. The summed E-state index contributed by atoms with van der Waals surface area (Å²) < 4.78 is 14.3. The van der Waals surface area contributed by atoms with E-state index >= 15 is 0 Å². The minimum atomic E-state index is -0.496. The van der Waals surface area contributed by atoms with E-state index in [2.05, 4.69) is 33.1 Å². The fourth-order valence-electron chi connectivity index (χ4n) is 1.50. The van der Waals surface area contributed by atoms with E-state index in [0.29, 0.717) is 5.56 Å². The number of halogens is 3. The third-order valence-electron chi connectivity index (χ3n) is 2.48. The van der Waals surface area contributed by atoms with Gasteiger partial charge in [0, 0.05) is 9.13 Å². The van der Waals surface area contributed by atoms with Crippen molar-refractivity contribution in [3.63, 3.8) is 0 Å². The maximum atomic E-state index is 13.5. The second-order valence-corrected chi connectivity index (χ2v) is 5.38. The van der Waals surface area contributed by atoms with Gasteiger partial charge in [0.25, 0.3) is 5.91 Å². The Morgan fingerprint density at radius 2 is 2.00 bits per heavy atom. The standard InChI is InChI=1S/C14H9ClFIN2O/c15-11-5-3-6-12(16)10(11)8-18-19-14(20)9-4-1-2-7-13(9)17/h1-8H,(H,19,20)/b18-8+. The Bertz CT molecular complexity index is 656. The molecule has 0 radical (unpaired) electrons. The average Bonchev–Trinajstić information content (AvgIpc) is 2.42. The van der Waals surface area contributed by atoms with Crippen molar-refractivity contribution in [3.05, 3.63) is 68.0 Å². The van der Waals surface area contributed by atoms with Crippen LogP contribution >= 0.6 is 34.2 Å². The van der Waals surface area contributed by atoms with E-state index in [9.17, 15) is 9.18 Å². The Morgan fingerprint density at radius 3 is 2.70 bits per heavy atom. The summed E-state index contributed by atoms with van der Waals surface area (Å²) in [6, 6.07) is 11.4. The summed E-state index contributed by atoms with van der Waals surface area (Å²) in [6.45, 7) is 0. The molecule has 2 aromatic rings. The van der Waals surface area contributed by atoms with E-state index in [-0.39, 0.29) is 16.5 Å². The van der Waals surface area contributed by atoms with Gasteiger partial charge in [-0.2, -0.15) is 5.10 Å². The number of carbonyl (C=O) groups excluding carboxylic acids is 1. The Kier molecular flexibility index (Phi) is 5.08. The van der Waals surface area contributed by atoms with Gasteiger partial charge in [0.15, 0.2) is 0 Å². The molecule has 0 aromatic heterocycles. The van der Waals surface area contributed by atoms with Gasteiger partial charge in [-0.05, 0) is 46.9 Å². The lowest BCUT2D eigenvalue weighted by molar-refractivity contribution is 0.0954. The molecule has 0 aliphatic rings. The zero-order valence-corrected chi connectivity index (χ0v) is 13.0. The highest BCUT2D eigenvalue weighted by Gasteiger charge is 2.08. The molecule has 0 fully saturated rings. The number of nitrogens with one attached hydrogen (secondary N) is 1. The highest BCUT2D eigenvalue weighted by Crippen LogP contribution is 2.16. The van der Waals surface area contributed by atoms with E-state index in [0.717, 1.165) is 3.57 Å². The molecule has 0 unspecified atom stereocenters. The van der Waals surface area contributed by atoms with E-state index in [1.807, 2.05) is 12.1 Å². The molecule has 0 saturated heterocycles. The zero-order valence-electron chi connectivity index (χ0n) is 10.1. The number of hydrazone groups is 1. The van der Waals surface area contributed by atoms with Gasteiger partial charge in [-0.3, -0.25) is 4.79 Å². The maximum absolute atomic E-state index is 13.5. The van der Waals surface area contributed by atoms with Gasteiger partial charge >= 0.3 is 0 Å². The first kappa shape index (κ1) is 14.9.